The van der Waals surface area contributed by atoms with Gasteiger partial charge in [-0.05, 0) is 122 Å². The number of rotatable bonds is 12. The number of halogens is 6. The summed E-state index contributed by atoms with van der Waals surface area (Å²) in [6.07, 6.45) is -5.57. The molecule has 6 rings (SSSR count). The van der Waals surface area contributed by atoms with Gasteiger partial charge in [-0.25, -0.2) is 14.2 Å². The van der Waals surface area contributed by atoms with Crippen LogP contribution < -0.4 is 10.1 Å². The Labute approximate surface area is 439 Å². The van der Waals surface area contributed by atoms with Gasteiger partial charge in [-0.3, -0.25) is 24.1 Å². The van der Waals surface area contributed by atoms with Crippen molar-refractivity contribution < 1.29 is 55.7 Å². The van der Waals surface area contributed by atoms with E-state index in [0.717, 1.165) is 16.5 Å². The largest absolute Gasteiger partial charge is 0.457 e. The zero-order valence-electron chi connectivity index (χ0n) is 43.4. The monoisotopic (exact) mass is 1070 g/mol. The summed E-state index contributed by atoms with van der Waals surface area (Å²) in [5.74, 6) is -5.88. The van der Waals surface area contributed by atoms with Crippen molar-refractivity contribution in [2.45, 2.75) is 129 Å². The fraction of sp³-hybridized carbons (Fsp3) is 0.509. The minimum absolute atomic E-state index is 0.0525. The number of hydrogen-bond acceptors (Lipinski definition) is 9. The van der Waals surface area contributed by atoms with Crippen molar-refractivity contribution in [3.63, 3.8) is 0 Å². The third-order valence-corrected chi connectivity index (χ3v) is 13.8. The topological polar surface area (TPSA) is 156 Å². The van der Waals surface area contributed by atoms with Gasteiger partial charge in [-0.2, -0.15) is 13.2 Å². The molecule has 5 amide bonds. The van der Waals surface area contributed by atoms with Gasteiger partial charge in [0.1, 0.15) is 40.8 Å². The number of carbonyl (C=O) groups is 5. The number of nitrogens with one attached hydrogen (secondary N) is 1. The molecule has 0 spiro atoms. The molecule has 2 bridgehead atoms. The Kier molecular flexibility index (Phi) is 17.8. The maximum atomic E-state index is 16.3. The van der Waals surface area contributed by atoms with Crippen LogP contribution in [0.1, 0.15) is 91.1 Å². The van der Waals surface area contributed by atoms with Gasteiger partial charge in [0.15, 0.2) is 0 Å². The minimum atomic E-state index is -4.90. The first-order chi connectivity index (χ1) is 34.5. The summed E-state index contributed by atoms with van der Waals surface area (Å²) in [6.45, 7) is 11.3. The number of alkyl halides is 3. The van der Waals surface area contributed by atoms with Crippen molar-refractivity contribution in [3.05, 3.63) is 99.7 Å². The number of piperidine rings is 1. The third-order valence-electron chi connectivity index (χ3n) is 13.4. The van der Waals surface area contributed by atoms with E-state index in [1.54, 1.807) is 87.4 Å². The van der Waals surface area contributed by atoms with Crippen molar-refractivity contribution in [1.29, 1.82) is 0 Å². The van der Waals surface area contributed by atoms with Crippen molar-refractivity contribution >= 4 is 52.9 Å². The number of benzene rings is 3. The maximum absolute atomic E-state index is 16.3. The van der Waals surface area contributed by atoms with Crippen molar-refractivity contribution in [3.8, 4) is 22.8 Å². The van der Waals surface area contributed by atoms with Gasteiger partial charge >= 0.3 is 12.3 Å². The lowest BCUT2D eigenvalue weighted by atomic mass is 9.80. The molecule has 402 valence electrons. The Hall–Kier alpha value is -5.92. The number of ether oxygens (including phenoxy) is 3. The molecular weight excluding hydrogens is 1010 g/mol. The predicted molar refractivity (Wildman–Crippen MR) is 271 cm³/mol. The molecule has 3 aromatic carbocycles. The number of imidazole rings is 1. The number of fused-ring (bicyclic) bond motifs is 2. The van der Waals surface area contributed by atoms with Crippen LogP contribution in [0.15, 0.2) is 66.9 Å². The molecule has 15 nitrogen and oxygen atoms in total. The van der Waals surface area contributed by atoms with Gasteiger partial charge in [-0.15, -0.1) is 0 Å². The first-order valence-electron chi connectivity index (χ1n) is 24.2. The zero-order valence-corrected chi connectivity index (χ0v) is 44.9. The molecule has 0 radical (unpaired) electrons. The summed E-state index contributed by atoms with van der Waals surface area (Å²) in [4.78, 5) is 81.1. The summed E-state index contributed by atoms with van der Waals surface area (Å²) in [5.41, 5.74) is -0.646. The van der Waals surface area contributed by atoms with Crippen LogP contribution in [0.3, 0.4) is 0 Å². The molecule has 0 aliphatic carbocycles. The normalized spacial score (nSPS) is 20.6. The molecule has 0 saturated carbocycles. The summed E-state index contributed by atoms with van der Waals surface area (Å²) >= 11 is 12.5. The highest BCUT2D eigenvalue weighted by Crippen LogP contribution is 2.38. The second-order valence-corrected chi connectivity index (χ2v) is 21.9. The SMILES string of the molecule is COC[C@@H]1NC(=O)[C@H](C)N(Cc2c(F)cc(Cl)cc2Oc2ccc(-c3cnc(CN(C(=O)OC(C)(C)C)C(C)(C)C)n3C)cc2)C(=O)C[C@@H](CC(F)(F)F)C(=O)N2CCC[C@@](Cc3ccc(Cl)cc3)(C2)N(C)C1=O. The van der Waals surface area contributed by atoms with Crippen LogP contribution in [0, 0.1) is 11.7 Å². The Morgan fingerprint density at radius 2 is 1.59 bits per heavy atom. The maximum Gasteiger partial charge on any atom is 0.411 e. The molecule has 4 aromatic rings. The number of hydrogen-bond donors (Lipinski definition) is 1. The number of methoxy groups -OCH3 is 1. The van der Waals surface area contributed by atoms with E-state index in [1.807, 2.05) is 25.3 Å². The second kappa shape index (κ2) is 22.9. The van der Waals surface area contributed by atoms with E-state index in [4.69, 9.17) is 37.4 Å². The average molecular weight is 1080 g/mol. The highest BCUT2D eigenvalue weighted by Gasteiger charge is 2.48. The Bertz CT molecular complexity index is 2690. The standard InChI is InChI=1S/C53H65Cl2F4N7O8/c1-32-46(68)61-41(30-72-10)48(70)63(9)52(25-33-12-16-36(54)17-13-33)20-11-21-64(31-52)47(69)35(26-53(57,58)59)22-45(67)65(32)28-39-40(56)23-37(55)24-43(39)73-38-18-14-34(15-19-38)42-27-60-44(62(42)8)29-66(50(2,3)4)49(71)74-51(5,6)7/h12-19,23-24,27,32,35,41H,11,20-22,25-26,28-31H2,1-10H3,(H,61,68)/t32-,35-,41-,52+/m0/s1. The number of carbonyl (C=O) groups excluding carboxylic acids is 5. The van der Waals surface area contributed by atoms with E-state index in [1.165, 1.54) is 36.9 Å². The van der Waals surface area contributed by atoms with Crippen LogP contribution in [0.25, 0.3) is 11.3 Å². The van der Waals surface area contributed by atoms with E-state index in [-0.39, 0.29) is 54.7 Å². The van der Waals surface area contributed by atoms with Crippen LogP contribution in [0.2, 0.25) is 10.0 Å². The average Bonchev–Trinajstić information content (AvgIpc) is 3.67. The molecule has 2 aliphatic rings. The van der Waals surface area contributed by atoms with E-state index in [0.29, 0.717) is 34.9 Å². The fourth-order valence-electron chi connectivity index (χ4n) is 9.33. The summed E-state index contributed by atoms with van der Waals surface area (Å²) < 4.78 is 78.8. The third kappa shape index (κ3) is 14.1. The van der Waals surface area contributed by atoms with E-state index in [9.17, 15) is 37.1 Å². The van der Waals surface area contributed by atoms with Gasteiger partial charge in [-0.1, -0.05) is 35.3 Å². The zero-order chi connectivity index (χ0) is 54.7. The molecule has 21 heteroatoms. The first-order valence-corrected chi connectivity index (χ1v) is 25.0. The molecule has 2 fully saturated rings. The van der Waals surface area contributed by atoms with Gasteiger partial charge in [0.25, 0.3) is 0 Å². The van der Waals surface area contributed by atoms with E-state index in [2.05, 4.69) is 10.3 Å². The highest BCUT2D eigenvalue weighted by molar-refractivity contribution is 6.31. The van der Waals surface area contributed by atoms with Crippen molar-refractivity contribution in [2.24, 2.45) is 13.0 Å². The second-order valence-electron chi connectivity index (χ2n) is 21.1. The molecule has 0 unspecified atom stereocenters. The molecule has 4 atom stereocenters. The van der Waals surface area contributed by atoms with Crippen LogP contribution in [-0.4, -0.2) is 128 Å². The first kappa shape index (κ1) is 57.4. The molecule has 1 aromatic heterocycles. The Balaban J connectivity index is 1.33. The molecule has 74 heavy (non-hydrogen) atoms. The van der Waals surface area contributed by atoms with Crippen molar-refractivity contribution in [1.82, 2.24) is 34.5 Å². The highest BCUT2D eigenvalue weighted by atomic mass is 35.5. The quantitative estimate of drug-likeness (QED) is 0.137. The Morgan fingerprint density at radius 1 is 0.932 bits per heavy atom. The van der Waals surface area contributed by atoms with Crippen LogP contribution in [-0.2, 0) is 55.2 Å². The molecule has 3 heterocycles. The minimum Gasteiger partial charge on any atom is -0.457 e. The predicted octanol–water partition coefficient (Wildman–Crippen LogP) is 9.74. The number of nitrogens with zero attached hydrogens (tertiary/aromatic N) is 6. The van der Waals surface area contributed by atoms with Gasteiger partial charge in [0.05, 0.1) is 49.5 Å². The number of likely N-dealkylation sites (N-methyl/N-ethyl adjacent to an activating group) is 1. The fourth-order valence-corrected chi connectivity index (χ4v) is 9.65. The van der Waals surface area contributed by atoms with Gasteiger partial charge in [0.2, 0.25) is 23.6 Å². The molecule has 2 aliphatic heterocycles. The summed E-state index contributed by atoms with van der Waals surface area (Å²) in [6, 6.07) is 12.8. The lowest BCUT2D eigenvalue weighted by molar-refractivity contribution is -0.166. The molecule has 1 N–H and O–H groups in total. The van der Waals surface area contributed by atoms with E-state index >= 15 is 4.39 Å². The number of aromatic nitrogens is 2. The van der Waals surface area contributed by atoms with E-state index < -0.39 is 95.8 Å². The summed E-state index contributed by atoms with van der Waals surface area (Å²) in [5, 5.41) is 3.05. The number of amides is 5. The molecular formula is C53H65Cl2F4N7O8. The lowest BCUT2D eigenvalue weighted by Gasteiger charge is -2.50. The van der Waals surface area contributed by atoms with Gasteiger partial charge < -0.3 is 38.8 Å². The Morgan fingerprint density at radius 3 is 2.20 bits per heavy atom. The molecule has 2 saturated heterocycles. The van der Waals surface area contributed by atoms with Crippen LogP contribution >= 0.6 is 23.2 Å². The summed E-state index contributed by atoms with van der Waals surface area (Å²) in [7, 11) is 4.66. The smallest absolute Gasteiger partial charge is 0.411 e. The van der Waals surface area contributed by atoms with Crippen LogP contribution in [0.5, 0.6) is 11.5 Å². The van der Waals surface area contributed by atoms with Gasteiger partial charge in [0, 0.05) is 67.4 Å². The lowest BCUT2D eigenvalue weighted by Crippen LogP contribution is -2.65. The van der Waals surface area contributed by atoms with Crippen molar-refractivity contribution in [2.75, 3.05) is 33.9 Å². The van der Waals surface area contributed by atoms with Crippen LogP contribution in [0.4, 0.5) is 22.4 Å².